The van der Waals surface area contributed by atoms with Gasteiger partial charge in [-0.2, -0.15) is 4.80 Å². The largest absolute Gasteiger partial charge is 0.356 e. The van der Waals surface area contributed by atoms with Crippen molar-refractivity contribution >= 4 is 17.6 Å². The van der Waals surface area contributed by atoms with Crippen LogP contribution in [-0.2, 0) is 11.8 Å². The van der Waals surface area contributed by atoms with E-state index in [2.05, 4.69) is 26.0 Å². The Bertz CT molecular complexity index is 817. The number of hydrogen-bond donors (Lipinski definition) is 2. The van der Waals surface area contributed by atoms with Crippen molar-refractivity contribution in [2.45, 2.75) is 20.3 Å². The number of amides is 3. The molecule has 9 heteroatoms. The van der Waals surface area contributed by atoms with E-state index >= 15 is 0 Å². The van der Waals surface area contributed by atoms with Gasteiger partial charge in [0.25, 0.3) is 0 Å². The number of carbonyl (C=O) groups excluding carboxylic acids is 2. The topological polar surface area (TPSA) is 105 Å². The molecule has 3 rings (SSSR count). The van der Waals surface area contributed by atoms with Crippen molar-refractivity contribution < 1.29 is 9.59 Å². The van der Waals surface area contributed by atoms with Crippen LogP contribution >= 0.6 is 0 Å². The van der Waals surface area contributed by atoms with Crippen LogP contribution in [0, 0.1) is 12.8 Å². The van der Waals surface area contributed by atoms with E-state index in [1.807, 2.05) is 32.0 Å². The van der Waals surface area contributed by atoms with Crippen molar-refractivity contribution in [3.63, 3.8) is 0 Å². The van der Waals surface area contributed by atoms with Crippen molar-refractivity contribution in [1.29, 1.82) is 0 Å². The summed E-state index contributed by atoms with van der Waals surface area (Å²) in [5, 5.41) is 17.8. The first-order valence-corrected chi connectivity index (χ1v) is 8.66. The Balaban J connectivity index is 1.69. The number of hydrogen-bond acceptors (Lipinski definition) is 5. The number of aryl methyl sites for hydroxylation is 2. The summed E-state index contributed by atoms with van der Waals surface area (Å²) in [6.07, 6.45) is 0.682. The second kappa shape index (κ2) is 7.51. The third kappa shape index (κ3) is 3.81. The molecular weight excluding hydrogens is 334 g/mol. The highest BCUT2D eigenvalue weighted by Gasteiger charge is 2.30. The van der Waals surface area contributed by atoms with Crippen LogP contribution in [0.2, 0.25) is 0 Å². The molecule has 138 valence electrons. The molecule has 0 radical (unpaired) electrons. The van der Waals surface area contributed by atoms with Gasteiger partial charge in [0.05, 0.1) is 13.0 Å². The standard InChI is InChI=1S/C17H23N7O2/c1-4-18-16(25)13-7-8-24(10-13)17(26)19-14-9-12(6-5-11(14)2)15-20-22-23(3)21-15/h5-6,9,13H,4,7-8,10H2,1-3H3,(H,18,25)(H,19,26)/t13-/m1/s1. The lowest BCUT2D eigenvalue weighted by Crippen LogP contribution is -2.36. The van der Waals surface area contributed by atoms with Gasteiger partial charge in [-0.1, -0.05) is 12.1 Å². The molecule has 1 aliphatic rings. The fraction of sp³-hybridized carbons (Fsp3) is 0.471. The van der Waals surface area contributed by atoms with Gasteiger partial charge in [-0.05, 0) is 37.1 Å². The molecule has 0 spiro atoms. The van der Waals surface area contributed by atoms with Crippen LogP contribution in [0.25, 0.3) is 11.4 Å². The van der Waals surface area contributed by atoms with E-state index in [0.29, 0.717) is 37.6 Å². The average molecular weight is 357 g/mol. The smallest absolute Gasteiger partial charge is 0.321 e. The second-order valence-corrected chi connectivity index (χ2v) is 6.39. The van der Waals surface area contributed by atoms with Gasteiger partial charge in [0.15, 0.2) is 0 Å². The lowest BCUT2D eigenvalue weighted by molar-refractivity contribution is -0.124. The molecule has 2 aromatic rings. The number of likely N-dealkylation sites (tertiary alicyclic amines) is 1. The number of rotatable bonds is 4. The number of carbonyl (C=O) groups is 2. The van der Waals surface area contributed by atoms with Gasteiger partial charge in [0, 0.05) is 30.9 Å². The minimum Gasteiger partial charge on any atom is -0.356 e. The van der Waals surface area contributed by atoms with E-state index < -0.39 is 0 Å². The number of anilines is 1. The summed E-state index contributed by atoms with van der Waals surface area (Å²) < 4.78 is 0. The number of benzene rings is 1. The minimum absolute atomic E-state index is 0.00899. The molecule has 1 aromatic heterocycles. The quantitative estimate of drug-likeness (QED) is 0.855. The predicted molar refractivity (Wildman–Crippen MR) is 96.4 cm³/mol. The first-order valence-electron chi connectivity index (χ1n) is 8.66. The summed E-state index contributed by atoms with van der Waals surface area (Å²) in [6.45, 7) is 5.41. The molecule has 0 saturated carbocycles. The van der Waals surface area contributed by atoms with Crippen molar-refractivity contribution in [2.24, 2.45) is 13.0 Å². The summed E-state index contributed by atoms with van der Waals surface area (Å²) in [6, 6.07) is 5.43. The third-order valence-electron chi connectivity index (χ3n) is 4.44. The molecule has 1 aromatic carbocycles. The predicted octanol–water partition coefficient (Wildman–Crippen LogP) is 1.18. The van der Waals surface area contributed by atoms with E-state index in [4.69, 9.17) is 0 Å². The molecule has 0 bridgehead atoms. The first-order chi connectivity index (χ1) is 12.5. The maximum atomic E-state index is 12.6. The highest BCUT2D eigenvalue weighted by molar-refractivity contribution is 5.92. The molecule has 1 aliphatic heterocycles. The Labute approximate surface area is 151 Å². The van der Waals surface area contributed by atoms with Crippen LogP contribution < -0.4 is 10.6 Å². The number of tetrazole rings is 1. The van der Waals surface area contributed by atoms with E-state index in [-0.39, 0.29) is 17.9 Å². The molecule has 2 heterocycles. The van der Waals surface area contributed by atoms with Gasteiger partial charge in [-0.3, -0.25) is 4.79 Å². The summed E-state index contributed by atoms with van der Waals surface area (Å²) in [4.78, 5) is 27.6. The summed E-state index contributed by atoms with van der Waals surface area (Å²) in [7, 11) is 1.70. The zero-order valence-electron chi connectivity index (χ0n) is 15.2. The Morgan fingerprint density at radius 1 is 1.35 bits per heavy atom. The molecule has 2 N–H and O–H groups in total. The van der Waals surface area contributed by atoms with Crippen molar-refractivity contribution in [3.8, 4) is 11.4 Å². The number of urea groups is 1. The normalized spacial score (nSPS) is 16.6. The third-order valence-corrected chi connectivity index (χ3v) is 4.44. The van der Waals surface area contributed by atoms with Gasteiger partial charge >= 0.3 is 6.03 Å². The molecule has 0 aliphatic carbocycles. The average Bonchev–Trinajstić information content (AvgIpc) is 3.26. The fourth-order valence-corrected chi connectivity index (χ4v) is 2.97. The molecule has 1 fully saturated rings. The van der Waals surface area contributed by atoms with Crippen LogP contribution in [0.1, 0.15) is 18.9 Å². The summed E-state index contributed by atoms with van der Waals surface area (Å²) >= 11 is 0. The van der Waals surface area contributed by atoms with Gasteiger partial charge in [0.1, 0.15) is 0 Å². The lowest BCUT2D eigenvalue weighted by Gasteiger charge is -2.18. The highest BCUT2D eigenvalue weighted by atomic mass is 16.2. The zero-order valence-corrected chi connectivity index (χ0v) is 15.2. The van der Waals surface area contributed by atoms with E-state index in [1.165, 1.54) is 4.80 Å². The van der Waals surface area contributed by atoms with Crippen LogP contribution in [0.15, 0.2) is 18.2 Å². The zero-order chi connectivity index (χ0) is 18.7. The molecule has 1 atom stereocenters. The van der Waals surface area contributed by atoms with Crippen LogP contribution in [0.3, 0.4) is 0 Å². The Kier molecular flexibility index (Phi) is 5.15. The minimum atomic E-state index is -0.204. The SMILES string of the molecule is CCNC(=O)[C@@H]1CCN(C(=O)Nc2cc(-c3nnn(C)n3)ccc2C)C1. The molecule has 1 saturated heterocycles. The lowest BCUT2D eigenvalue weighted by atomic mass is 10.1. The molecule has 0 unspecified atom stereocenters. The number of aromatic nitrogens is 4. The summed E-state index contributed by atoms with van der Waals surface area (Å²) in [5.74, 6) is 0.368. The van der Waals surface area contributed by atoms with Crippen LogP contribution in [0.4, 0.5) is 10.5 Å². The number of nitrogens with one attached hydrogen (secondary N) is 2. The molecule has 9 nitrogen and oxygen atoms in total. The Hall–Kier alpha value is -2.97. The van der Waals surface area contributed by atoms with E-state index in [9.17, 15) is 9.59 Å². The summed E-state index contributed by atoms with van der Waals surface area (Å²) in [5.41, 5.74) is 2.41. The molecule has 26 heavy (non-hydrogen) atoms. The van der Waals surface area contributed by atoms with Gasteiger partial charge in [-0.25, -0.2) is 4.79 Å². The molecule has 3 amide bonds. The van der Waals surface area contributed by atoms with Crippen molar-refractivity contribution in [1.82, 2.24) is 30.4 Å². The van der Waals surface area contributed by atoms with Gasteiger partial charge < -0.3 is 15.5 Å². The second-order valence-electron chi connectivity index (χ2n) is 6.39. The van der Waals surface area contributed by atoms with Crippen molar-refractivity contribution in [2.75, 3.05) is 25.0 Å². The number of nitrogens with zero attached hydrogens (tertiary/aromatic N) is 5. The maximum Gasteiger partial charge on any atom is 0.321 e. The monoisotopic (exact) mass is 357 g/mol. The van der Waals surface area contributed by atoms with Crippen molar-refractivity contribution in [3.05, 3.63) is 23.8 Å². The van der Waals surface area contributed by atoms with Gasteiger partial charge in [-0.15, -0.1) is 10.2 Å². The van der Waals surface area contributed by atoms with Crippen LogP contribution in [-0.4, -0.2) is 56.7 Å². The van der Waals surface area contributed by atoms with Gasteiger partial charge in [0.2, 0.25) is 11.7 Å². The Morgan fingerprint density at radius 3 is 2.85 bits per heavy atom. The van der Waals surface area contributed by atoms with Crippen LogP contribution in [0.5, 0.6) is 0 Å². The van der Waals surface area contributed by atoms with E-state index in [1.54, 1.807) is 11.9 Å². The fourth-order valence-electron chi connectivity index (χ4n) is 2.97. The highest BCUT2D eigenvalue weighted by Crippen LogP contribution is 2.24. The first kappa shape index (κ1) is 17.8. The van der Waals surface area contributed by atoms with E-state index in [0.717, 1.165) is 11.1 Å². The Morgan fingerprint density at radius 2 is 2.15 bits per heavy atom. The maximum absolute atomic E-state index is 12.6. The molecular formula is C17H23N7O2.